The SMILES string of the molecule is CCN1CCn2c(nn(Cc3ccc(C)cc3)c2=O)C1=O. The van der Waals surface area contributed by atoms with E-state index < -0.39 is 0 Å². The molecule has 0 unspecified atom stereocenters. The topological polar surface area (TPSA) is 60.1 Å². The number of rotatable bonds is 3. The molecule has 0 fully saturated rings. The molecule has 0 radical (unpaired) electrons. The van der Waals surface area contributed by atoms with Crippen molar-refractivity contribution in [2.24, 2.45) is 0 Å². The molecule has 1 aliphatic rings. The Balaban J connectivity index is 1.93. The predicted molar refractivity (Wildman–Crippen MR) is 78.3 cm³/mol. The first kappa shape index (κ1) is 13.6. The van der Waals surface area contributed by atoms with Crippen molar-refractivity contribution in [1.29, 1.82) is 0 Å². The van der Waals surface area contributed by atoms with Crippen molar-refractivity contribution in [1.82, 2.24) is 19.2 Å². The van der Waals surface area contributed by atoms with Crippen LogP contribution in [0.15, 0.2) is 29.1 Å². The first-order valence-corrected chi connectivity index (χ1v) is 7.12. The highest BCUT2D eigenvalue weighted by Crippen LogP contribution is 2.09. The summed E-state index contributed by atoms with van der Waals surface area (Å²) in [4.78, 5) is 26.2. The van der Waals surface area contributed by atoms with Crippen LogP contribution in [-0.4, -0.2) is 38.2 Å². The Morgan fingerprint density at radius 3 is 2.52 bits per heavy atom. The highest BCUT2D eigenvalue weighted by Gasteiger charge is 2.28. The maximum atomic E-state index is 12.3. The molecule has 0 bridgehead atoms. The van der Waals surface area contributed by atoms with Gasteiger partial charge in [0.15, 0.2) is 0 Å². The second-order valence-corrected chi connectivity index (χ2v) is 5.29. The minimum atomic E-state index is -0.213. The molecule has 110 valence electrons. The van der Waals surface area contributed by atoms with Crippen LogP contribution in [0, 0.1) is 6.92 Å². The highest BCUT2D eigenvalue weighted by atomic mass is 16.2. The molecule has 1 aliphatic heterocycles. The van der Waals surface area contributed by atoms with Crippen LogP contribution < -0.4 is 5.69 Å². The zero-order chi connectivity index (χ0) is 15.0. The number of carbonyl (C=O) groups excluding carboxylic acids is 1. The highest BCUT2D eigenvalue weighted by molar-refractivity contribution is 5.91. The number of aromatic nitrogens is 3. The van der Waals surface area contributed by atoms with Gasteiger partial charge in [-0.25, -0.2) is 9.48 Å². The summed E-state index contributed by atoms with van der Waals surface area (Å²) in [5.41, 5.74) is 1.96. The van der Waals surface area contributed by atoms with Crippen molar-refractivity contribution >= 4 is 5.91 Å². The molecular formula is C15H18N4O2. The van der Waals surface area contributed by atoms with E-state index in [0.717, 1.165) is 5.56 Å². The average Bonchev–Trinajstić information content (AvgIpc) is 2.80. The van der Waals surface area contributed by atoms with Crippen LogP contribution in [0.1, 0.15) is 28.7 Å². The van der Waals surface area contributed by atoms with Crippen LogP contribution in [0.2, 0.25) is 0 Å². The largest absolute Gasteiger partial charge is 0.346 e. The normalized spacial score (nSPS) is 14.4. The molecule has 0 N–H and O–H groups in total. The molecule has 1 aromatic carbocycles. The van der Waals surface area contributed by atoms with Gasteiger partial charge in [-0.1, -0.05) is 29.8 Å². The Hall–Kier alpha value is -2.37. The summed E-state index contributed by atoms with van der Waals surface area (Å²) in [5, 5.41) is 4.22. The van der Waals surface area contributed by atoms with Gasteiger partial charge in [0.05, 0.1) is 6.54 Å². The third-order valence-corrected chi connectivity index (χ3v) is 3.83. The van der Waals surface area contributed by atoms with Gasteiger partial charge in [-0.15, -0.1) is 5.10 Å². The molecule has 3 rings (SSSR count). The number of likely N-dealkylation sites (N-methyl/N-ethyl adjacent to an activating group) is 1. The summed E-state index contributed by atoms with van der Waals surface area (Å²) in [7, 11) is 0. The van der Waals surface area contributed by atoms with Gasteiger partial charge >= 0.3 is 5.69 Å². The van der Waals surface area contributed by atoms with Gasteiger partial charge in [-0.05, 0) is 19.4 Å². The van der Waals surface area contributed by atoms with E-state index in [4.69, 9.17) is 0 Å². The van der Waals surface area contributed by atoms with Crippen LogP contribution in [-0.2, 0) is 13.1 Å². The van der Waals surface area contributed by atoms with E-state index in [1.807, 2.05) is 38.1 Å². The summed E-state index contributed by atoms with van der Waals surface area (Å²) in [6.07, 6.45) is 0. The van der Waals surface area contributed by atoms with Crippen molar-refractivity contribution in [3.05, 3.63) is 51.7 Å². The number of nitrogens with zero attached hydrogens (tertiary/aromatic N) is 4. The van der Waals surface area contributed by atoms with E-state index in [9.17, 15) is 9.59 Å². The Bertz CT molecular complexity index is 727. The van der Waals surface area contributed by atoms with Gasteiger partial charge in [-0.2, -0.15) is 0 Å². The number of hydrogen-bond acceptors (Lipinski definition) is 3. The van der Waals surface area contributed by atoms with Crippen molar-refractivity contribution in [2.75, 3.05) is 13.1 Å². The Morgan fingerprint density at radius 2 is 1.86 bits per heavy atom. The van der Waals surface area contributed by atoms with Crippen molar-refractivity contribution in [3.63, 3.8) is 0 Å². The summed E-state index contributed by atoms with van der Waals surface area (Å²) in [5.74, 6) is 0.0868. The fourth-order valence-corrected chi connectivity index (χ4v) is 2.54. The van der Waals surface area contributed by atoms with Gasteiger partial charge in [0.25, 0.3) is 5.91 Å². The monoisotopic (exact) mass is 286 g/mol. The van der Waals surface area contributed by atoms with Crippen molar-refractivity contribution in [2.45, 2.75) is 26.9 Å². The first-order chi connectivity index (χ1) is 10.1. The minimum absolute atomic E-state index is 0.163. The lowest BCUT2D eigenvalue weighted by atomic mass is 10.1. The van der Waals surface area contributed by atoms with Crippen LogP contribution in [0.25, 0.3) is 0 Å². The summed E-state index contributed by atoms with van der Waals surface area (Å²) < 4.78 is 2.85. The van der Waals surface area contributed by atoms with E-state index in [2.05, 4.69) is 5.10 Å². The van der Waals surface area contributed by atoms with Crippen LogP contribution in [0.4, 0.5) is 0 Å². The third kappa shape index (κ3) is 2.37. The van der Waals surface area contributed by atoms with E-state index in [0.29, 0.717) is 26.2 Å². The lowest BCUT2D eigenvalue weighted by Crippen LogP contribution is -2.42. The van der Waals surface area contributed by atoms with Crippen LogP contribution in [0.3, 0.4) is 0 Å². The molecule has 0 spiro atoms. The Kier molecular flexibility index (Phi) is 3.37. The quantitative estimate of drug-likeness (QED) is 0.841. The lowest BCUT2D eigenvalue weighted by molar-refractivity contribution is 0.0705. The number of benzene rings is 1. The second kappa shape index (κ2) is 5.20. The molecule has 1 aromatic heterocycles. The van der Waals surface area contributed by atoms with E-state index >= 15 is 0 Å². The van der Waals surface area contributed by atoms with E-state index in [-0.39, 0.29) is 17.4 Å². The Morgan fingerprint density at radius 1 is 1.14 bits per heavy atom. The molecule has 2 heterocycles. The smallest absolute Gasteiger partial charge is 0.334 e. The summed E-state index contributed by atoms with van der Waals surface area (Å²) >= 11 is 0. The lowest BCUT2D eigenvalue weighted by Gasteiger charge is -2.24. The molecule has 6 nitrogen and oxygen atoms in total. The van der Waals surface area contributed by atoms with Gasteiger partial charge in [0.2, 0.25) is 5.82 Å². The van der Waals surface area contributed by atoms with E-state index in [1.54, 1.807) is 4.90 Å². The number of carbonyl (C=O) groups is 1. The average molecular weight is 286 g/mol. The Labute approximate surface area is 122 Å². The molecule has 0 saturated carbocycles. The van der Waals surface area contributed by atoms with Gasteiger partial charge in [0, 0.05) is 19.6 Å². The maximum absolute atomic E-state index is 12.3. The summed E-state index contributed by atoms with van der Waals surface area (Å²) in [6, 6.07) is 7.95. The standard InChI is InChI=1S/C15H18N4O2/c1-3-17-8-9-18-13(14(17)20)16-19(15(18)21)10-12-6-4-11(2)5-7-12/h4-7H,3,8-10H2,1-2H3. The second-order valence-electron chi connectivity index (χ2n) is 5.29. The molecule has 0 saturated heterocycles. The zero-order valence-electron chi connectivity index (χ0n) is 12.2. The van der Waals surface area contributed by atoms with Crippen LogP contribution in [0.5, 0.6) is 0 Å². The van der Waals surface area contributed by atoms with Crippen molar-refractivity contribution in [3.8, 4) is 0 Å². The van der Waals surface area contributed by atoms with Crippen LogP contribution >= 0.6 is 0 Å². The fourth-order valence-electron chi connectivity index (χ4n) is 2.54. The third-order valence-electron chi connectivity index (χ3n) is 3.83. The summed E-state index contributed by atoms with van der Waals surface area (Å²) in [6.45, 7) is 6.05. The molecular weight excluding hydrogens is 268 g/mol. The molecule has 1 amide bonds. The van der Waals surface area contributed by atoms with Gasteiger partial charge in [0.1, 0.15) is 0 Å². The van der Waals surface area contributed by atoms with Crippen molar-refractivity contribution < 1.29 is 4.79 Å². The number of hydrogen-bond donors (Lipinski definition) is 0. The molecule has 2 aromatic rings. The molecule has 21 heavy (non-hydrogen) atoms. The maximum Gasteiger partial charge on any atom is 0.346 e. The molecule has 0 aliphatic carbocycles. The zero-order valence-corrected chi connectivity index (χ0v) is 12.2. The number of aryl methyl sites for hydroxylation is 1. The van der Waals surface area contributed by atoms with Gasteiger partial charge < -0.3 is 4.90 Å². The fraction of sp³-hybridized carbons (Fsp3) is 0.400. The number of amides is 1. The first-order valence-electron chi connectivity index (χ1n) is 7.12. The van der Waals surface area contributed by atoms with Gasteiger partial charge in [-0.3, -0.25) is 9.36 Å². The van der Waals surface area contributed by atoms with E-state index in [1.165, 1.54) is 14.8 Å². The number of fused-ring (bicyclic) bond motifs is 1. The predicted octanol–water partition coefficient (Wildman–Crippen LogP) is 0.877. The molecule has 6 heteroatoms. The minimum Gasteiger partial charge on any atom is -0.334 e. The molecule has 0 atom stereocenters.